The molecule has 226 valence electrons. The van der Waals surface area contributed by atoms with Gasteiger partial charge in [-0.3, -0.25) is 13.7 Å². The number of piperazine rings is 1. The van der Waals surface area contributed by atoms with Gasteiger partial charge < -0.3 is 15.5 Å². The first kappa shape index (κ1) is 28.4. The first-order chi connectivity index (χ1) is 21.2. The van der Waals surface area contributed by atoms with Crippen LogP contribution in [0.1, 0.15) is 15.8 Å². The highest BCUT2D eigenvalue weighted by atomic mass is 32.2. The number of pyridine rings is 1. The molecule has 0 radical (unpaired) electrons. The van der Waals surface area contributed by atoms with Gasteiger partial charge in [-0.05, 0) is 42.8 Å². The first-order valence-electron chi connectivity index (χ1n) is 14.1. The van der Waals surface area contributed by atoms with Crippen molar-refractivity contribution in [2.24, 2.45) is 0 Å². The zero-order valence-corrected chi connectivity index (χ0v) is 25.6. The van der Waals surface area contributed by atoms with E-state index in [0.717, 1.165) is 23.5 Å². The molecule has 1 atom stereocenters. The van der Waals surface area contributed by atoms with Gasteiger partial charge in [0.2, 0.25) is 5.95 Å². The van der Waals surface area contributed by atoms with Crippen LogP contribution in [-0.2, 0) is 16.4 Å². The Morgan fingerprint density at radius 2 is 1.86 bits per heavy atom. The summed E-state index contributed by atoms with van der Waals surface area (Å²) in [5.74, 6) is -0.285. The summed E-state index contributed by atoms with van der Waals surface area (Å²) >= 11 is 1.40. The molecule has 5 heterocycles. The summed E-state index contributed by atoms with van der Waals surface area (Å²) in [6.45, 7) is 4.85. The van der Waals surface area contributed by atoms with E-state index in [1.807, 2.05) is 24.0 Å². The van der Waals surface area contributed by atoms with Gasteiger partial charge in [0, 0.05) is 61.8 Å². The lowest BCUT2D eigenvalue weighted by Crippen LogP contribution is -2.43. The fraction of sp³-hybridized carbons (Fsp3) is 0.267. The highest BCUT2D eigenvalue weighted by Gasteiger charge is 2.39. The van der Waals surface area contributed by atoms with Crippen LogP contribution in [0, 0.1) is 12.7 Å². The van der Waals surface area contributed by atoms with E-state index in [0.29, 0.717) is 41.2 Å². The van der Waals surface area contributed by atoms with Crippen LogP contribution in [0.3, 0.4) is 0 Å². The van der Waals surface area contributed by atoms with Crippen LogP contribution >= 0.6 is 11.3 Å². The first-order valence-corrected chi connectivity index (χ1v) is 16.5. The van der Waals surface area contributed by atoms with Gasteiger partial charge in [-0.15, -0.1) is 11.3 Å². The Bertz CT molecular complexity index is 2070. The van der Waals surface area contributed by atoms with Crippen LogP contribution in [0.2, 0.25) is 0 Å². The monoisotopic (exact) mass is 632 g/mol. The summed E-state index contributed by atoms with van der Waals surface area (Å²) in [7, 11) is -2.54. The molecule has 0 aliphatic carbocycles. The van der Waals surface area contributed by atoms with Gasteiger partial charge in [0.25, 0.3) is 15.6 Å². The van der Waals surface area contributed by atoms with E-state index in [2.05, 4.69) is 25.6 Å². The molecule has 2 N–H and O–H groups in total. The minimum Gasteiger partial charge on any atom is -0.367 e. The number of anilines is 4. The molecule has 5 aromatic rings. The molecule has 2 aliphatic rings. The van der Waals surface area contributed by atoms with Crippen LogP contribution in [0.15, 0.2) is 65.0 Å². The summed E-state index contributed by atoms with van der Waals surface area (Å²) in [4.78, 5) is 30.5. The van der Waals surface area contributed by atoms with Gasteiger partial charge in [0.15, 0.2) is 5.37 Å². The number of sulfonamides is 1. The van der Waals surface area contributed by atoms with Crippen molar-refractivity contribution in [1.29, 1.82) is 0 Å². The molecule has 1 unspecified atom stereocenters. The van der Waals surface area contributed by atoms with Gasteiger partial charge in [-0.25, -0.2) is 22.8 Å². The topological polar surface area (TPSA) is 125 Å². The van der Waals surface area contributed by atoms with Crippen molar-refractivity contribution in [3.8, 4) is 11.3 Å². The molecule has 1 fully saturated rings. The van der Waals surface area contributed by atoms with E-state index in [1.54, 1.807) is 35.8 Å². The average Bonchev–Trinajstić information content (AvgIpc) is 3.45. The van der Waals surface area contributed by atoms with Gasteiger partial charge in [-0.2, -0.15) is 4.98 Å². The number of aromatic nitrogens is 4. The maximum Gasteiger partial charge on any atom is 0.262 e. The number of thiazole rings is 1. The number of rotatable bonds is 5. The number of halogens is 1. The Balaban J connectivity index is 1.35. The largest absolute Gasteiger partial charge is 0.367 e. The number of benzene rings is 2. The second-order valence-corrected chi connectivity index (χ2v) is 14.0. The molecular weight excluding hydrogens is 604 g/mol. The predicted molar refractivity (Wildman–Crippen MR) is 171 cm³/mol. The van der Waals surface area contributed by atoms with Crippen LogP contribution in [0.25, 0.3) is 22.3 Å². The Morgan fingerprint density at radius 1 is 1.07 bits per heavy atom. The Hall–Kier alpha value is -4.40. The summed E-state index contributed by atoms with van der Waals surface area (Å²) in [5.41, 5.74) is 4.31. The second-order valence-electron chi connectivity index (χ2n) is 10.8. The third-order valence-electron chi connectivity index (χ3n) is 8.17. The molecule has 14 heteroatoms. The SMILES string of the molecule is Cc1scnc1-c1cc2cnc(Nc3ccc(N4CCNCC4)c(F)c3)nc2n(C2Cc3ccccc3N(C)S2(=O)=O)c1=O. The van der Waals surface area contributed by atoms with Crippen molar-refractivity contribution in [2.45, 2.75) is 18.7 Å². The molecule has 7 rings (SSSR count). The number of hydrogen-bond donors (Lipinski definition) is 2. The Kier molecular flexibility index (Phi) is 7.06. The van der Waals surface area contributed by atoms with Crippen molar-refractivity contribution in [1.82, 2.24) is 24.8 Å². The molecule has 2 aliphatic heterocycles. The van der Waals surface area contributed by atoms with Crippen LogP contribution < -0.4 is 25.4 Å². The van der Waals surface area contributed by atoms with Gasteiger partial charge >= 0.3 is 0 Å². The van der Waals surface area contributed by atoms with Crippen LogP contribution in [0.4, 0.5) is 27.4 Å². The lowest BCUT2D eigenvalue weighted by Gasteiger charge is -2.34. The zero-order chi connectivity index (χ0) is 30.6. The fourth-order valence-corrected chi connectivity index (χ4v) is 8.15. The number of aryl methyl sites for hydroxylation is 1. The summed E-state index contributed by atoms with van der Waals surface area (Å²) in [5, 5.41) is 5.49. The molecule has 0 spiro atoms. The van der Waals surface area contributed by atoms with Crippen LogP contribution in [0.5, 0.6) is 0 Å². The molecule has 1 saturated heterocycles. The van der Waals surface area contributed by atoms with Gasteiger partial charge in [0.1, 0.15) is 11.5 Å². The number of nitrogens with zero attached hydrogens (tertiary/aromatic N) is 6. The molecule has 2 aromatic carbocycles. The van der Waals surface area contributed by atoms with Crippen molar-refractivity contribution < 1.29 is 12.8 Å². The number of para-hydroxylation sites is 1. The third kappa shape index (κ3) is 4.78. The standard InChI is InChI=1S/C30H29FN8O3S2/c1-18-27(34-17-43-18)22-13-20-16-33-30(35-21-7-8-25(23(31)15-21)38-11-9-32-10-12-38)36-28(20)39(29(22)40)26-14-19-5-3-4-6-24(19)37(2)44(26,41)42/h3-8,13,15-17,26,32H,9-12,14H2,1-2H3,(H,33,35,36). The number of fused-ring (bicyclic) bond motifs is 2. The average molecular weight is 633 g/mol. The molecular formula is C30H29FN8O3S2. The zero-order valence-electron chi connectivity index (χ0n) is 24.0. The molecule has 44 heavy (non-hydrogen) atoms. The lowest BCUT2D eigenvalue weighted by atomic mass is 10.1. The van der Waals surface area contributed by atoms with Gasteiger partial charge in [0.05, 0.1) is 28.1 Å². The van der Waals surface area contributed by atoms with Gasteiger partial charge in [-0.1, -0.05) is 18.2 Å². The molecule has 0 amide bonds. The van der Waals surface area contributed by atoms with E-state index >= 15 is 4.39 Å². The minimum absolute atomic E-state index is 0.0722. The predicted octanol–water partition coefficient (Wildman–Crippen LogP) is 4.04. The molecule has 11 nitrogen and oxygen atoms in total. The van der Waals surface area contributed by atoms with Crippen molar-refractivity contribution in [3.63, 3.8) is 0 Å². The van der Waals surface area contributed by atoms with E-state index in [-0.39, 0.29) is 29.4 Å². The van der Waals surface area contributed by atoms with Crippen molar-refractivity contribution >= 4 is 55.4 Å². The summed E-state index contributed by atoms with van der Waals surface area (Å²) < 4.78 is 45.5. The molecule has 3 aromatic heterocycles. The maximum atomic E-state index is 15.1. The maximum absolute atomic E-state index is 15.1. The highest BCUT2D eigenvalue weighted by molar-refractivity contribution is 7.92. The normalized spacial score (nSPS) is 17.9. The molecule has 0 saturated carbocycles. The fourth-order valence-electron chi connectivity index (χ4n) is 5.89. The quantitative estimate of drug-likeness (QED) is 0.295. The van der Waals surface area contributed by atoms with Crippen molar-refractivity contribution in [3.05, 3.63) is 86.8 Å². The van der Waals surface area contributed by atoms with E-state index in [1.165, 1.54) is 39.5 Å². The smallest absolute Gasteiger partial charge is 0.262 e. The summed E-state index contributed by atoms with van der Waals surface area (Å²) in [6.07, 6.45) is 1.60. The van der Waals surface area contributed by atoms with Crippen molar-refractivity contribution in [2.75, 3.05) is 47.7 Å². The van der Waals surface area contributed by atoms with E-state index < -0.39 is 21.0 Å². The number of nitrogens with one attached hydrogen (secondary N) is 2. The van der Waals surface area contributed by atoms with E-state index in [9.17, 15) is 13.2 Å². The number of hydrogen-bond acceptors (Lipinski definition) is 10. The minimum atomic E-state index is -4.03. The second kappa shape index (κ2) is 10.9. The highest BCUT2D eigenvalue weighted by Crippen LogP contribution is 2.38. The summed E-state index contributed by atoms with van der Waals surface area (Å²) in [6, 6.07) is 13.7. The Labute approximate surface area is 257 Å². The molecule has 0 bridgehead atoms. The van der Waals surface area contributed by atoms with Crippen LogP contribution in [-0.4, -0.2) is 61.2 Å². The lowest BCUT2D eigenvalue weighted by molar-refractivity contribution is 0.535. The Morgan fingerprint density at radius 3 is 2.61 bits per heavy atom. The third-order valence-corrected chi connectivity index (χ3v) is 11.0. The van der Waals surface area contributed by atoms with E-state index in [4.69, 9.17) is 0 Å².